The van der Waals surface area contributed by atoms with Crippen LogP contribution in [0.25, 0.3) is 28.3 Å². The van der Waals surface area contributed by atoms with E-state index in [9.17, 15) is 0 Å². The molecule has 0 N–H and O–H groups in total. The maximum atomic E-state index is 6.53. The zero-order valence-electron chi connectivity index (χ0n) is 15.7. The van der Waals surface area contributed by atoms with Crippen molar-refractivity contribution in [2.24, 2.45) is 0 Å². The molecule has 27 heavy (non-hydrogen) atoms. The third kappa shape index (κ3) is 3.63. The van der Waals surface area contributed by atoms with Crippen LogP contribution in [-0.4, -0.2) is 0 Å². The van der Waals surface area contributed by atoms with Gasteiger partial charge in [-0.25, -0.2) is 0 Å². The fourth-order valence-electron chi connectivity index (χ4n) is 4.18. The Hall–Kier alpha value is -1.14. The molecule has 3 aromatic carbocycles. The molecule has 4 rings (SSSR count). The summed E-state index contributed by atoms with van der Waals surface area (Å²) in [4.78, 5) is 0. The Kier molecular flexibility index (Phi) is 5.48. The van der Waals surface area contributed by atoms with E-state index < -0.39 is 19.4 Å². The predicted octanol–water partition coefficient (Wildman–Crippen LogP) is 8.02. The van der Waals surface area contributed by atoms with Crippen molar-refractivity contribution in [2.75, 3.05) is 0 Å². The number of halogens is 2. The number of rotatable bonds is 3. The maximum absolute atomic E-state index is 6.53. The Morgan fingerprint density at radius 1 is 0.778 bits per heavy atom. The molecule has 0 saturated heterocycles. The van der Waals surface area contributed by atoms with Gasteiger partial charge in [-0.05, 0) is 0 Å². The zero-order valence-corrected chi connectivity index (χ0v) is 19.7. The monoisotopic (exact) mass is 469 g/mol. The average molecular weight is 472 g/mol. The van der Waals surface area contributed by atoms with E-state index in [2.05, 4.69) is 87.5 Å². The second-order valence-electron chi connectivity index (χ2n) is 7.34. The van der Waals surface area contributed by atoms with Crippen molar-refractivity contribution in [3.05, 3.63) is 88.5 Å². The molecule has 0 radical (unpaired) electrons. The first kappa shape index (κ1) is 19.2. The molecule has 0 amide bonds. The van der Waals surface area contributed by atoms with Gasteiger partial charge >= 0.3 is 178 Å². The van der Waals surface area contributed by atoms with Gasteiger partial charge in [-0.3, -0.25) is 0 Å². The number of aryl methyl sites for hydroxylation is 2. The molecule has 1 unspecified atom stereocenters. The van der Waals surface area contributed by atoms with Crippen molar-refractivity contribution >= 4 is 23.1 Å². The van der Waals surface area contributed by atoms with E-state index in [0.717, 1.165) is 0 Å². The van der Waals surface area contributed by atoms with Crippen molar-refractivity contribution in [1.82, 2.24) is 0 Å². The van der Waals surface area contributed by atoms with E-state index >= 15 is 0 Å². The van der Waals surface area contributed by atoms with E-state index in [0.29, 0.717) is 0 Å². The number of fused-ring (bicyclic) bond motifs is 1. The predicted molar refractivity (Wildman–Crippen MR) is 115 cm³/mol. The molecular weight excluding hydrogens is 450 g/mol. The van der Waals surface area contributed by atoms with Gasteiger partial charge in [0.25, 0.3) is 0 Å². The summed E-state index contributed by atoms with van der Waals surface area (Å²) >= 11 is -2.46. The second kappa shape index (κ2) is 7.71. The van der Waals surface area contributed by atoms with E-state index in [-0.39, 0.29) is 3.63 Å². The Morgan fingerprint density at radius 3 is 2.07 bits per heavy atom. The van der Waals surface area contributed by atoms with Crippen LogP contribution in [-0.2, 0) is 19.4 Å². The Morgan fingerprint density at radius 2 is 1.44 bits per heavy atom. The van der Waals surface area contributed by atoms with Crippen molar-refractivity contribution < 1.29 is 19.4 Å². The molecule has 0 nitrogen and oxygen atoms in total. The van der Waals surface area contributed by atoms with Gasteiger partial charge in [0.05, 0.1) is 0 Å². The van der Waals surface area contributed by atoms with Crippen LogP contribution in [0.3, 0.4) is 0 Å². The van der Waals surface area contributed by atoms with Crippen molar-refractivity contribution in [2.45, 2.75) is 24.4 Å². The molecule has 0 saturated carbocycles. The first-order valence-corrected chi connectivity index (χ1v) is 16.9. The summed E-state index contributed by atoms with van der Waals surface area (Å²) in [5.41, 5.74) is 11.5. The molecule has 0 spiro atoms. The first-order chi connectivity index (χ1) is 13.0. The quantitative estimate of drug-likeness (QED) is 0.363. The van der Waals surface area contributed by atoms with Crippen LogP contribution in [0.1, 0.15) is 32.8 Å². The normalized spacial score (nSPS) is 15.4. The fraction of sp³-hybridized carbons (Fsp3) is 0.167. The van der Waals surface area contributed by atoms with E-state index in [1.54, 1.807) is 0 Å². The Labute approximate surface area is 176 Å². The standard InChI is InChI=1S/C24H21.2ClH.Zr/c1-16-11-17(2)14-21(13-16)24-22(19-7-5-4-6-8-19)10-9-20-12-18(3)15-23(20)24;;;/h4-15H,1-3H3;2*1H;/q;;;+2/p-2. The molecule has 0 heterocycles. The van der Waals surface area contributed by atoms with Crippen molar-refractivity contribution in [3.8, 4) is 22.3 Å². The summed E-state index contributed by atoms with van der Waals surface area (Å²) in [6.45, 7) is 6.49. The molecule has 1 aliphatic carbocycles. The van der Waals surface area contributed by atoms with Crippen LogP contribution in [0.4, 0.5) is 0 Å². The summed E-state index contributed by atoms with van der Waals surface area (Å²) < 4.78 is 0.250. The van der Waals surface area contributed by atoms with Gasteiger partial charge in [-0.1, -0.05) is 0 Å². The second-order valence-corrected chi connectivity index (χ2v) is 16.2. The number of hydrogen-bond acceptors (Lipinski definition) is 0. The average Bonchev–Trinajstić information content (AvgIpc) is 2.96. The molecule has 3 aromatic rings. The number of benzene rings is 3. The molecule has 0 aromatic heterocycles. The van der Waals surface area contributed by atoms with Gasteiger partial charge in [0.1, 0.15) is 0 Å². The van der Waals surface area contributed by atoms with Gasteiger partial charge < -0.3 is 0 Å². The topological polar surface area (TPSA) is 0 Å². The van der Waals surface area contributed by atoms with Crippen LogP contribution in [0.5, 0.6) is 0 Å². The molecule has 1 atom stereocenters. The summed E-state index contributed by atoms with van der Waals surface area (Å²) in [5, 5.41) is 0. The van der Waals surface area contributed by atoms with Crippen LogP contribution in [0.15, 0.2) is 66.2 Å². The Balaban J connectivity index is 2.05. The summed E-state index contributed by atoms with van der Waals surface area (Å²) in [6, 6.07) is 21.9. The van der Waals surface area contributed by atoms with Gasteiger partial charge in [0.15, 0.2) is 0 Å². The third-order valence-corrected chi connectivity index (χ3v) is 10.8. The zero-order chi connectivity index (χ0) is 19.1. The van der Waals surface area contributed by atoms with Gasteiger partial charge in [0.2, 0.25) is 0 Å². The number of allylic oxidation sites excluding steroid dienone is 1. The summed E-state index contributed by atoms with van der Waals surface area (Å²) in [7, 11) is 13.1. The van der Waals surface area contributed by atoms with Crippen LogP contribution in [0, 0.1) is 13.8 Å². The van der Waals surface area contributed by atoms with Gasteiger partial charge in [-0.15, -0.1) is 0 Å². The SMILES string of the molecule is CC1=Cc2c(ccc(-c3ccccc3)c2-c2cc(C)cc(C)c2)[CH]1[Zr]([Cl])[Cl]. The van der Waals surface area contributed by atoms with Crippen LogP contribution < -0.4 is 0 Å². The minimum atomic E-state index is -2.46. The summed E-state index contributed by atoms with van der Waals surface area (Å²) in [6.07, 6.45) is 2.31. The summed E-state index contributed by atoms with van der Waals surface area (Å²) in [5.74, 6) is 0. The molecule has 0 aliphatic heterocycles. The molecule has 1 aliphatic rings. The Bertz CT molecular complexity index is 1020. The van der Waals surface area contributed by atoms with E-state index in [1.807, 2.05) is 0 Å². The molecular formula is C24H21Cl2Zr. The van der Waals surface area contributed by atoms with Gasteiger partial charge in [0, 0.05) is 0 Å². The van der Waals surface area contributed by atoms with Crippen molar-refractivity contribution in [3.63, 3.8) is 0 Å². The van der Waals surface area contributed by atoms with Crippen LogP contribution in [0.2, 0.25) is 0 Å². The van der Waals surface area contributed by atoms with E-state index in [1.165, 1.54) is 50.1 Å². The molecule has 0 bridgehead atoms. The van der Waals surface area contributed by atoms with Crippen LogP contribution >= 0.6 is 17.0 Å². The fourth-order valence-corrected chi connectivity index (χ4v) is 9.85. The molecule has 135 valence electrons. The van der Waals surface area contributed by atoms with E-state index in [4.69, 9.17) is 17.0 Å². The number of hydrogen-bond donors (Lipinski definition) is 0. The van der Waals surface area contributed by atoms with Gasteiger partial charge in [-0.2, -0.15) is 0 Å². The van der Waals surface area contributed by atoms with Crippen molar-refractivity contribution in [1.29, 1.82) is 0 Å². The molecule has 3 heteroatoms. The minimum absolute atomic E-state index is 0.250. The first-order valence-electron chi connectivity index (χ1n) is 9.12. The third-order valence-electron chi connectivity index (χ3n) is 5.23. The molecule has 0 fully saturated rings.